The van der Waals surface area contributed by atoms with Crippen molar-refractivity contribution < 1.29 is 14.3 Å². The van der Waals surface area contributed by atoms with Gasteiger partial charge < -0.3 is 14.4 Å². The van der Waals surface area contributed by atoms with Gasteiger partial charge in [-0.2, -0.15) is 5.10 Å². The predicted octanol–water partition coefficient (Wildman–Crippen LogP) is 2.02. The van der Waals surface area contributed by atoms with Crippen molar-refractivity contribution in [2.75, 3.05) is 26.4 Å². The van der Waals surface area contributed by atoms with Crippen LogP contribution in [0.2, 0.25) is 0 Å². The Morgan fingerprint density at radius 2 is 2.08 bits per heavy atom. The van der Waals surface area contributed by atoms with E-state index < -0.39 is 0 Å². The zero-order valence-corrected chi connectivity index (χ0v) is 14.4. The van der Waals surface area contributed by atoms with Crippen LogP contribution in [0.3, 0.4) is 0 Å². The molecular weight excluding hydrogens is 306 g/mol. The molecule has 2 heterocycles. The highest BCUT2D eigenvalue weighted by molar-refractivity contribution is 5.78. The third kappa shape index (κ3) is 3.28. The van der Waals surface area contributed by atoms with Gasteiger partial charge in [-0.1, -0.05) is 18.2 Å². The molecular formula is C18H23N3O3. The first-order valence-electron chi connectivity index (χ1n) is 8.13. The maximum atomic E-state index is 12.7. The number of morpholine rings is 1. The fourth-order valence-electron chi connectivity index (χ4n) is 3.16. The fraction of sp³-hybridized carbons (Fsp3) is 0.444. The molecule has 1 saturated heterocycles. The van der Waals surface area contributed by atoms with E-state index in [0.29, 0.717) is 25.5 Å². The maximum Gasteiger partial charge on any atom is 0.261 e. The third-order valence-corrected chi connectivity index (χ3v) is 4.45. The number of benzene rings is 1. The molecule has 1 aromatic heterocycles. The second-order valence-corrected chi connectivity index (χ2v) is 5.99. The highest BCUT2D eigenvalue weighted by Crippen LogP contribution is 2.29. The summed E-state index contributed by atoms with van der Waals surface area (Å²) in [6.07, 6.45) is 0. The third-order valence-electron chi connectivity index (χ3n) is 4.45. The molecule has 1 amide bonds. The zero-order chi connectivity index (χ0) is 17.1. The number of hydrogen-bond donors (Lipinski definition) is 0. The average Bonchev–Trinajstić information content (AvgIpc) is 2.86. The van der Waals surface area contributed by atoms with Crippen molar-refractivity contribution in [3.63, 3.8) is 0 Å². The van der Waals surface area contributed by atoms with E-state index in [1.807, 2.05) is 60.8 Å². The van der Waals surface area contributed by atoms with E-state index in [0.717, 1.165) is 17.0 Å². The maximum absolute atomic E-state index is 12.7. The first-order chi connectivity index (χ1) is 11.6. The van der Waals surface area contributed by atoms with Gasteiger partial charge in [-0.3, -0.25) is 9.48 Å². The lowest BCUT2D eigenvalue weighted by Gasteiger charge is -2.36. The van der Waals surface area contributed by atoms with Crippen LogP contribution < -0.4 is 4.74 Å². The second-order valence-electron chi connectivity index (χ2n) is 5.99. The predicted molar refractivity (Wildman–Crippen MR) is 89.9 cm³/mol. The number of carbonyl (C=O) groups excluding carboxylic acids is 1. The summed E-state index contributed by atoms with van der Waals surface area (Å²) < 4.78 is 13.1. The quantitative estimate of drug-likeness (QED) is 0.861. The van der Waals surface area contributed by atoms with Gasteiger partial charge in [0.1, 0.15) is 5.75 Å². The molecule has 1 aromatic carbocycles. The summed E-state index contributed by atoms with van der Waals surface area (Å²) in [6.45, 7) is 5.62. The molecule has 1 aliphatic rings. The minimum absolute atomic E-state index is 0.0267. The molecule has 0 aliphatic carbocycles. The summed E-state index contributed by atoms with van der Waals surface area (Å²) in [4.78, 5) is 14.6. The molecule has 2 aromatic rings. The van der Waals surface area contributed by atoms with Crippen molar-refractivity contribution in [2.45, 2.75) is 19.9 Å². The highest BCUT2D eigenvalue weighted by Gasteiger charge is 2.32. The standard InChI is InChI=1S/C18H23N3O3/c1-13-18(14(2)20(3)19-13)16-11-23-10-9-21(16)17(22)12-24-15-7-5-4-6-8-15/h4-8,16H,9-12H2,1-3H3/t16-/m1/s1. The topological polar surface area (TPSA) is 56.6 Å². The average molecular weight is 329 g/mol. The van der Waals surface area contributed by atoms with Gasteiger partial charge in [0, 0.05) is 24.8 Å². The highest BCUT2D eigenvalue weighted by atomic mass is 16.5. The first kappa shape index (κ1) is 16.5. The number of ether oxygens (including phenoxy) is 2. The molecule has 3 rings (SSSR count). The SMILES string of the molecule is Cc1nn(C)c(C)c1[C@H]1COCCN1C(=O)COc1ccccc1. The molecule has 1 fully saturated rings. The smallest absolute Gasteiger partial charge is 0.261 e. The van der Waals surface area contributed by atoms with Crippen molar-refractivity contribution >= 4 is 5.91 Å². The molecule has 0 saturated carbocycles. The van der Waals surface area contributed by atoms with E-state index in [1.54, 1.807) is 0 Å². The van der Waals surface area contributed by atoms with E-state index >= 15 is 0 Å². The summed E-state index contributed by atoms with van der Waals surface area (Å²) in [6, 6.07) is 9.28. The molecule has 0 spiro atoms. The van der Waals surface area contributed by atoms with Gasteiger partial charge >= 0.3 is 0 Å². The number of hydrogen-bond acceptors (Lipinski definition) is 4. The fourth-order valence-corrected chi connectivity index (χ4v) is 3.16. The minimum Gasteiger partial charge on any atom is -0.484 e. The van der Waals surface area contributed by atoms with Crippen LogP contribution in [0.15, 0.2) is 30.3 Å². The van der Waals surface area contributed by atoms with Gasteiger partial charge in [-0.05, 0) is 26.0 Å². The van der Waals surface area contributed by atoms with Gasteiger partial charge in [0.25, 0.3) is 5.91 Å². The van der Waals surface area contributed by atoms with Crippen molar-refractivity contribution in [3.8, 4) is 5.75 Å². The molecule has 0 N–H and O–H groups in total. The van der Waals surface area contributed by atoms with Gasteiger partial charge in [-0.15, -0.1) is 0 Å². The van der Waals surface area contributed by atoms with Crippen LogP contribution in [0, 0.1) is 13.8 Å². The van der Waals surface area contributed by atoms with Crippen molar-refractivity contribution in [1.82, 2.24) is 14.7 Å². The van der Waals surface area contributed by atoms with Crippen LogP contribution in [0.1, 0.15) is 23.0 Å². The lowest BCUT2D eigenvalue weighted by Crippen LogP contribution is -2.45. The van der Waals surface area contributed by atoms with Gasteiger partial charge in [-0.25, -0.2) is 0 Å². The van der Waals surface area contributed by atoms with Crippen LogP contribution >= 0.6 is 0 Å². The zero-order valence-electron chi connectivity index (χ0n) is 14.4. The molecule has 128 valence electrons. The Bertz CT molecular complexity index is 712. The number of amides is 1. The number of rotatable bonds is 4. The number of para-hydroxylation sites is 1. The summed E-state index contributed by atoms with van der Waals surface area (Å²) in [5.41, 5.74) is 3.07. The van der Waals surface area contributed by atoms with Crippen LogP contribution in [-0.4, -0.2) is 47.0 Å². The summed E-state index contributed by atoms with van der Waals surface area (Å²) in [7, 11) is 1.92. The Labute approximate surface area is 142 Å². The number of aryl methyl sites for hydroxylation is 2. The van der Waals surface area contributed by atoms with Gasteiger partial charge in [0.2, 0.25) is 0 Å². The van der Waals surface area contributed by atoms with E-state index in [-0.39, 0.29) is 18.6 Å². The van der Waals surface area contributed by atoms with E-state index in [9.17, 15) is 4.79 Å². The van der Waals surface area contributed by atoms with Crippen LogP contribution in [0.5, 0.6) is 5.75 Å². The largest absolute Gasteiger partial charge is 0.484 e. The number of nitrogens with zero attached hydrogens (tertiary/aromatic N) is 3. The molecule has 0 bridgehead atoms. The summed E-state index contributed by atoms with van der Waals surface area (Å²) in [5, 5.41) is 4.47. The van der Waals surface area contributed by atoms with E-state index in [4.69, 9.17) is 9.47 Å². The van der Waals surface area contributed by atoms with Crippen molar-refractivity contribution in [3.05, 3.63) is 47.3 Å². The summed E-state index contributed by atoms with van der Waals surface area (Å²) in [5.74, 6) is 0.666. The van der Waals surface area contributed by atoms with E-state index in [1.165, 1.54) is 0 Å². The molecule has 6 heteroatoms. The Morgan fingerprint density at radius 1 is 1.33 bits per heavy atom. The van der Waals surface area contributed by atoms with E-state index in [2.05, 4.69) is 5.10 Å². The Kier molecular flexibility index (Phi) is 4.85. The second kappa shape index (κ2) is 7.05. The normalized spacial score (nSPS) is 17.8. The Hall–Kier alpha value is -2.34. The Morgan fingerprint density at radius 3 is 2.75 bits per heavy atom. The van der Waals surface area contributed by atoms with Crippen molar-refractivity contribution in [2.24, 2.45) is 7.05 Å². The van der Waals surface area contributed by atoms with Crippen LogP contribution in [0.4, 0.5) is 0 Å². The van der Waals surface area contributed by atoms with Gasteiger partial charge in [0.05, 0.1) is 24.9 Å². The summed E-state index contributed by atoms with van der Waals surface area (Å²) >= 11 is 0. The van der Waals surface area contributed by atoms with Crippen molar-refractivity contribution in [1.29, 1.82) is 0 Å². The first-order valence-corrected chi connectivity index (χ1v) is 8.13. The number of carbonyl (C=O) groups is 1. The van der Waals surface area contributed by atoms with Crippen LogP contribution in [0.25, 0.3) is 0 Å². The molecule has 0 unspecified atom stereocenters. The molecule has 1 atom stereocenters. The molecule has 24 heavy (non-hydrogen) atoms. The monoisotopic (exact) mass is 329 g/mol. The molecule has 0 radical (unpaired) electrons. The lowest BCUT2D eigenvalue weighted by atomic mass is 10.0. The van der Waals surface area contributed by atoms with Gasteiger partial charge in [0.15, 0.2) is 6.61 Å². The molecule has 1 aliphatic heterocycles. The minimum atomic E-state index is -0.112. The van der Waals surface area contributed by atoms with Crippen LogP contribution in [-0.2, 0) is 16.6 Å². The molecule has 6 nitrogen and oxygen atoms in total. The number of aromatic nitrogens is 2. The lowest BCUT2D eigenvalue weighted by molar-refractivity contribution is -0.142. The Balaban J connectivity index is 1.75.